The number of rotatable bonds is 0. The lowest BCUT2D eigenvalue weighted by Crippen LogP contribution is -1.99. The average molecular weight is 126 g/mol. The van der Waals surface area contributed by atoms with Gasteiger partial charge in [-0.3, -0.25) is 0 Å². The summed E-state index contributed by atoms with van der Waals surface area (Å²) >= 11 is 0. The first kappa shape index (κ1) is 5.72. The average Bonchev–Trinajstić information content (AvgIpc) is 2.22. The lowest BCUT2D eigenvalue weighted by Gasteiger charge is -2.04. The molecular formula is C8H14O. The Bertz CT molecular complexity index is 99.1. The molecule has 9 heavy (non-hydrogen) atoms. The van der Waals surface area contributed by atoms with Crippen molar-refractivity contribution in [2.24, 2.45) is 11.8 Å². The van der Waals surface area contributed by atoms with E-state index in [1.54, 1.807) is 0 Å². The van der Waals surface area contributed by atoms with Crippen LogP contribution >= 0.6 is 0 Å². The number of hydrogen-bond acceptors (Lipinski definition) is 1. The van der Waals surface area contributed by atoms with E-state index in [0.29, 0.717) is 0 Å². The van der Waals surface area contributed by atoms with Crippen LogP contribution in [0.4, 0.5) is 0 Å². The van der Waals surface area contributed by atoms with Crippen molar-refractivity contribution in [2.75, 3.05) is 0 Å². The van der Waals surface area contributed by atoms with E-state index in [9.17, 15) is 5.11 Å². The highest BCUT2D eigenvalue weighted by Crippen LogP contribution is 2.43. The summed E-state index contributed by atoms with van der Waals surface area (Å²) in [4.78, 5) is 0. The molecule has 0 aliphatic heterocycles. The molecule has 0 radical (unpaired) electrons. The van der Waals surface area contributed by atoms with Gasteiger partial charge < -0.3 is 5.11 Å². The van der Waals surface area contributed by atoms with Gasteiger partial charge in [-0.15, -0.1) is 0 Å². The molecule has 0 saturated heterocycles. The molecule has 0 aromatic heterocycles. The van der Waals surface area contributed by atoms with E-state index in [2.05, 4.69) is 0 Å². The van der Waals surface area contributed by atoms with Crippen LogP contribution in [0.2, 0.25) is 0 Å². The molecule has 2 fully saturated rings. The summed E-state index contributed by atoms with van der Waals surface area (Å²) in [6, 6.07) is 0. The summed E-state index contributed by atoms with van der Waals surface area (Å²) in [6.07, 6.45) is 6.46. The van der Waals surface area contributed by atoms with E-state index in [4.69, 9.17) is 0 Å². The number of aliphatic hydroxyl groups excluding tert-OH is 1. The molecule has 2 aliphatic carbocycles. The van der Waals surface area contributed by atoms with Gasteiger partial charge in [0.1, 0.15) is 0 Å². The second-order valence-electron chi connectivity index (χ2n) is 3.58. The van der Waals surface area contributed by atoms with Crippen LogP contribution in [0.15, 0.2) is 0 Å². The molecule has 2 aliphatic rings. The molecule has 1 N–H and O–H groups in total. The maximum atomic E-state index is 9.24. The fourth-order valence-electron chi connectivity index (χ4n) is 2.53. The van der Waals surface area contributed by atoms with Crippen LogP contribution in [0.1, 0.15) is 32.1 Å². The predicted octanol–water partition coefficient (Wildman–Crippen LogP) is 1.56. The Morgan fingerprint density at radius 2 is 1.56 bits per heavy atom. The zero-order valence-electron chi connectivity index (χ0n) is 5.71. The van der Waals surface area contributed by atoms with Gasteiger partial charge in [0.15, 0.2) is 0 Å². The third-order valence-electron chi connectivity index (χ3n) is 2.97. The smallest absolute Gasteiger partial charge is 0.0545 e. The summed E-state index contributed by atoms with van der Waals surface area (Å²) in [5, 5.41) is 9.24. The third-order valence-corrected chi connectivity index (χ3v) is 2.97. The molecule has 0 aromatic carbocycles. The third kappa shape index (κ3) is 0.877. The molecule has 0 bridgehead atoms. The fraction of sp³-hybridized carbons (Fsp3) is 1.00. The minimum absolute atomic E-state index is 0.0558. The van der Waals surface area contributed by atoms with Gasteiger partial charge in [-0.05, 0) is 24.7 Å². The lowest BCUT2D eigenvalue weighted by molar-refractivity contribution is 0.172. The van der Waals surface area contributed by atoms with E-state index < -0.39 is 0 Å². The second kappa shape index (κ2) is 1.98. The van der Waals surface area contributed by atoms with Crippen LogP contribution in [0.5, 0.6) is 0 Å². The van der Waals surface area contributed by atoms with E-state index in [1.165, 1.54) is 19.3 Å². The topological polar surface area (TPSA) is 20.2 Å². The lowest BCUT2D eigenvalue weighted by atomic mass is 10.0. The molecule has 2 saturated carbocycles. The highest BCUT2D eigenvalue weighted by Gasteiger charge is 2.35. The number of fused-ring (bicyclic) bond motifs is 1. The standard InChI is InChI=1S/C8H14O/c9-8-4-6-2-1-3-7(6)5-8/h6-9H,1-5H2. The number of hydrogen-bond donors (Lipinski definition) is 1. The first-order valence-corrected chi connectivity index (χ1v) is 4.04. The van der Waals surface area contributed by atoms with Gasteiger partial charge in [-0.25, -0.2) is 0 Å². The first-order chi connectivity index (χ1) is 4.36. The number of aliphatic hydroxyl groups is 1. The van der Waals surface area contributed by atoms with Crippen molar-refractivity contribution in [3.63, 3.8) is 0 Å². The van der Waals surface area contributed by atoms with Crippen LogP contribution in [0.3, 0.4) is 0 Å². The van der Waals surface area contributed by atoms with Gasteiger partial charge in [-0.2, -0.15) is 0 Å². The highest BCUT2D eigenvalue weighted by atomic mass is 16.3. The predicted molar refractivity (Wildman–Crippen MR) is 36.1 cm³/mol. The van der Waals surface area contributed by atoms with Gasteiger partial charge in [0.2, 0.25) is 0 Å². The molecule has 2 rings (SSSR count). The molecular weight excluding hydrogens is 112 g/mol. The SMILES string of the molecule is OC1CC2CCCC2C1. The van der Waals surface area contributed by atoms with Crippen LogP contribution in [-0.4, -0.2) is 11.2 Å². The minimum Gasteiger partial charge on any atom is -0.393 e. The van der Waals surface area contributed by atoms with Gasteiger partial charge in [0, 0.05) is 0 Å². The van der Waals surface area contributed by atoms with Crippen molar-refractivity contribution in [3.8, 4) is 0 Å². The first-order valence-electron chi connectivity index (χ1n) is 4.04. The molecule has 2 atom stereocenters. The van der Waals surface area contributed by atoms with E-state index >= 15 is 0 Å². The van der Waals surface area contributed by atoms with Crippen LogP contribution < -0.4 is 0 Å². The van der Waals surface area contributed by atoms with Gasteiger partial charge in [0.05, 0.1) is 6.10 Å². The van der Waals surface area contributed by atoms with Crippen molar-refractivity contribution < 1.29 is 5.11 Å². The summed E-state index contributed by atoms with van der Waals surface area (Å²) in [5.41, 5.74) is 0. The van der Waals surface area contributed by atoms with Crippen molar-refractivity contribution in [1.82, 2.24) is 0 Å². The minimum atomic E-state index is 0.0558. The Hall–Kier alpha value is -0.0400. The molecule has 0 aromatic rings. The molecule has 1 nitrogen and oxygen atoms in total. The van der Waals surface area contributed by atoms with Crippen molar-refractivity contribution in [2.45, 2.75) is 38.2 Å². The Kier molecular flexibility index (Phi) is 1.26. The normalized spacial score (nSPS) is 49.7. The Balaban J connectivity index is 2.02. The van der Waals surface area contributed by atoms with E-state index in [1.807, 2.05) is 0 Å². The molecule has 2 unspecified atom stereocenters. The fourth-order valence-corrected chi connectivity index (χ4v) is 2.53. The summed E-state index contributed by atoms with van der Waals surface area (Å²) in [5.74, 6) is 1.81. The molecule has 0 amide bonds. The van der Waals surface area contributed by atoms with Gasteiger partial charge in [0.25, 0.3) is 0 Å². The van der Waals surface area contributed by atoms with Crippen molar-refractivity contribution >= 4 is 0 Å². The second-order valence-corrected chi connectivity index (χ2v) is 3.58. The largest absolute Gasteiger partial charge is 0.393 e. The zero-order chi connectivity index (χ0) is 6.27. The zero-order valence-corrected chi connectivity index (χ0v) is 5.71. The Labute approximate surface area is 56.1 Å². The summed E-state index contributed by atoms with van der Waals surface area (Å²) in [7, 11) is 0. The van der Waals surface area contributed by atoms with E-state index in [0.717, 1.165) is 24.7 Å². The Morgan fingerprint density at radius 1 is 1.00 bits per heavy atom. The van der Waals surface area contributed by atoms with Crippen molar-refractivity contribution in [3.05, 3.63) is 0 Å². The molecule has 0 spiro atoms. The quantitative estimate of drug-likeness (QED) is 0.522. The van der Waals surface area contributed by atoms with Crippen LogP contribution in [-0.2, 0) is 0 Å². The maximum Gasteiger partial charge on any atom is 0.0545 e. The van der Waals surface area contributed by atoms with Crippen molar-refractivity contribution in [1.29, 1.82) is 0 Å². The van der Waals surface area contributed by atoms with Crippen LogP contribution in [0, 0.1) is 11.8 Å². The van der Waals surface area contributed by atoms with Gasteiger partial charge >= 0.3 is 0 Å². The molecule has 1 heteroatoms. The summed E-state index contributed by atoms with van der Waals surface area (Å²) < 4.78 is 0. The van der Waals surface area contributed by atoms with E-state index in [-0.39, 0.29) is 6.10 Å². The maximum absolute atomic E-state index is 9.24. The van der Waals surface area contributed by atoms with Crippen LogP contribution in [0.25, 0.3) is 0 Å². The summed E-state index contributed by atoms with van der Waals surface area (Å²) in [6.45, 7) is 0. The monoisotopic (exact) mass is 126 g/mol. The highest BCUT2D eigenvalue weighted by molar-refractivity contribution is 4.87. The Morgan fingerprint density at radius 3 is 2.11 bits per heavy atom. The molecule has 0 heterocycles. The molecule has 52 valence electrons. The van der Waals surface area contributed by atoms with Gasteiger partial charge in [-0.1, -0.05) is 19.3 Å².